The molecule has 8 heteroatoms. The molecule has 0 saturated heterocycles. The molecule has 2 aliphatic rings. The predicted molar refractivity (Wildman–Crippen MR) is 127 cm³/mol. The lowest BCUT2D eigenvalue weighted by molar-refractivity contribution is -0.142. The molecular formula is C25H28N2O5S. The van der Waals surface area contributed by atoms with Crippen molar-refractivity contribution in [2.75, 3.05) is 18.6 Å². The number of alkyl carbamates (subject to hydrolysis) is 1. The second kappa shape index (κ2) is 10.3. The summed E-state index contributed by atoms with van der Waals surface area (Å²) < 4.78 is 5.56. The number of carboxylic acids is 1. The Morgan fingerprint density at radius 1 is 1.03 bits per heavy atom. The van der Waals surface area contributed by atoms with Gasteiger partial charge in [-0.15, -0.1) is 0 Å². The summed E-state index contributed by atoms with van der Waals surface area (Å²) in [4.78, 5) is 36.9. The van der Waals surface area contributed by atoms with Crippen LogP contribution in [0.5, 0.6) is 0 Å². The first-order valence-corrected chi connectivity index (χ1v) is 12.5. The van der Waals surface area contributed by atoms with Gasteiger partial charge in [-0.2, -0.15) is 11.8 Å². The Morgan fingerprint density at radius 2 is 1.64 bits per heavy atom. The van der Waals surface area contributed by atoms with Gasteiger partial charge in [-0.05, 0) is 59.4 Å². The molecule has 0 spiro atoms. The molecule has 0 aliphatic heterocycles. The van der Waals surface area contributed by atoms with Gasteiger partial charge in [0.1, 0.15) is 18.7 Å². The van der Waals surface area contributed by atoms with Crippen LogP contribution in [-0.4, -0.2) is 53.8 Å². The highest BCUT2D eigenvalue weighted by Gasteiger charge is 2.38. The second-order valence-electron chi connectivity index (χ2n) is 8.47. The third-order valence-corrected chi connectivity index (χ3v) is 6.86. The molecule has 174 valence electrons. The Labute approximate surface area is 197 Å². The SMILES string of the molecule is CSCC[C@@H](NC(=O)OCC1c2ccccc2-c2ccccc21)C(=O)NC(C(=O)O)C1CC1. The molecule has 0 heterocycles. The smallest absolute Gasteiger partial charge is 0.407 e. The minimum absolute atomic E-state index is 0.0397. The van der Waals surface area contributed by atoms with Gasteiger partial charge in [-0.1, -0.05) is 48.5 Å². The molecule has 1 unspecified atom stereocenters. The van der Waals surface area contributed by atoms with Crippen LogP contribution >= 0.6 is 11.8 Å². The van der Waals surface area contributed by atoms with Crippen molar-refractivity contribution < 1.29 is 24.2 Å². The molecule has 1 fully saturated rings. The molecule has 3 N–H and O–H groups in total. The number of thioether (sulfide) groups is 1. The molecule has 4 rings (SSSR count). The van der Waals surface area contributed by atoms with Crippen LogP contribution in [0.2, 0.25) is 0 Å². The standard InChI is InChI=1S/C25H28N2O5S/c1-33-13-12-21(23(28)27-22(24(29)30)15-10-11-15)26-25(31)32-14-20-18-8-4-2-6-16(18)17-7-3-5-9-19(17)20/h2-9,15,20-22H,10-14H2,1H3,(H,26,31)(H,27,28)(H,29,30)/t21-,22?/m1/s1. The molecule has 2 aromatic rings. The summed E-state index contributed by atoms with van der Waals surface area (Å²) >= 11 is 1.55. The number of carbonyl (C=O) groups is 3. The zero-order chi connectivity index (χ0) is 23.4. The van der Waals surface area contributed by atoms with Gasteiger partial charge in [0.2, 0.25) is 5.91 Å². The summed E-state index contributed by atoms with van der Waals surface area (Å²) in [5.41, 5.74) is 4.49. The summed E-state index contributed by atoms with van der Waals surface area (Å²) in [6, 6.07) is 14.4. The monoisotopic (exact) mass is 468 g/mol. The Bertz CT molecular complexity index is 993. The molecule has 2 amide bonds. The van der Waals surface area contributed by atoms with Gasteiger partial charge < -0.3 is 20.5 Å². The third kappa shape index (κ3) is 5.33. The van der Waals surface area contributed by atoms with Crippen LogP contribution in [0.4, 0.5) is 4.79 Å². The highest BCUT2D eigenvalue weighted by Crippen LogP contribution is 2.44. The van der Waals surface area contributed by atoms with Crippen molar-refractivity contribution in [2.45, 2.75) is 37.3 Å². The first kappa shape index (κ1) is 23.2. The van der Waals surface area contributed by atoms with Crippen molar-refractivity contribution in [3.63, 3.8) is 0 Å². The number of carbonyl (C=O) groups excluding carboxylic acids is 2. The minimum atomic E-state index is -1.05. The molecule has 2 aromatic carbocycles. The summed E-state index contributed by atoms with van der Waals surface area (Å²) in [5.74, 6) is -1.01. The van der Waals surface area contributed by atoms with Crippen LogP contribution in [0, 0.1) is 5.92 Å². The van der Waals surface area contributed by atoms with Crippen LogP contribution < -0.4 is 10.6 Å². The number of hydrogen-bond donors (Lipinski definition) is 3. The number of rotatable bonds is 10. The normalized spacial score (nSPS) is 16.3. The maximum absolute atomic E-state index is 12.8. The summed E-state index contributed by atoms with van der Waals surface area (Å²) in [6.45, 7) is 0.149. The highest BCUT2D eigenvalue weighted by molar-refractivity contribution is 7.98. The zero-order valence-electron chi connectivity index (χ0n) is 18.5. The number of hydrogen-bond acceptors (Lipinski definition) is 5. The predicted octanol–water partition coefficient (Wildman–Crippen LogP) is 3.63. The van der Waals surface area contributed by atoms with Crippen molar-refractivity contribution in [3.8, 4) is 11.1 Å². The lowest BCUT2D eigenvalue weighted by Gasteiger charge is -2.21. The molecule has 2 aliphatic carbocycles. The van der Waals surface area contributed by atoms with Crippen LogP contribution in [0.3, 0.4) is 0 Å². The number of nitrogens with one attached hydrogen (secondary N) is 2. The van der Waals surface area contributed by atoms with Crippen LogP contribution in [0.15, 0.2) is 48.5 Å². The molecule has 0 aromatic heterocycles. The van der Waals surface area contributed by atoms with E-state index in [4.69, 9.17) is 4.74 Å². The van der Waals surface area contributed by atoms with Crippen molar-refractivity contribution in [3.05, 3.63) is 59.7 Å². The van der Waals surface area contributed by atoms with Crippen molar-refractivity contribution >= 4 is 29.7 Å². The number of benzene rings is 2. The largest absolute Gasteiger partial charge is 0.480 e. The van der Waals surface area contributed by atoms with E-state index in [0.717, 1.165) is 35.1 Å². The van der Waals surface area contributed by atoms with E-state index in [1.807, 2.05) is 42.7 Å². The van der Waals surface area contributed by atoms with Gasteiger partial charge >= 0.3 is 12.1 Å². The van der Waals surface area contributed by atoms with Gasteiger partial charge in [-0.3, -0.25) is 4.79 Å². The first-order valence-electron chi connectivity index (χ1n) is 11.1. The first-order chi connectivity index (χ1) is 16.0. The average Bonchev–Trinajstić information content (AvgIpc) is 3.61. The quantitative estimate of drug-likeness (QED) is 0.492. The fourth-order valence-corrected chi connectivity index (χ4v) is 4.82. The van der Waals surface area contributed by atoms with Gasteiger partial charge in [0.05, 0.1) is 0 Å². The third-order valence-electron chi connectivity index (χ3n) is 6.22. The summed E-state index contributed by atoms with van der Waals surface area (Å²) in [6.07, 6.45) is 3.18. The van der Waals surface area contributed by atoms with Gasteiger partial charge in [0.15, 0.2) is 0 Å². The average molecular weight is 469 g/mol. The number of ether oxygens (including phenoxy) is 1. The van der Waals surface area contributed by atoms with Crippen molar-refractivity contribution in [1.29, 1.82) is 0 Å². The molecule has 33 heavy (non-hydrogen) atoms. The van der Waals surface area contributed by atoms with E-state index in [2.05, 4.69) is 22.8 Å². The van der Waals surface area contributed by atoms with E-state index in [1.165, 1.54) is 0 Å². The number of fused-ring (bicyclic) bond motifs is 3. The summed E-state index contributed by atoms with van der Waals surface area (Å²) in [7, 11) is 0. The molecule has 2 atom stereocenters. The van der Waals surface area contributed by atoms with Crippen LogP contribution in [-0.2, 0) is 14.3 Å². The van der Waals surface area contributed by atoms with E-state index in [9.17, 15) is 19.5 Å². The molecular weight excluding hydrogens is 440 g/mol. The van der Waals surface area contributed by atoms with E-state index in [1.54, 1.807) is 11.8 Å². The zero-order valence-corrected chi connectivity index (χ0v) is 19.3. The van der Waals surface area contributed by atoms with Gasteiger partial charge in [0.25, 0.3) is 0 Å². The lowest BCUT2D eigenvalue weighted by Crippen LogP contribution is -2.52. The van der Waals surface area contributed by atoms with Gasteiger partial charge in [0, 0.05) is 5.92 Å². The Kier molecular flexibility index (Phi) is 7.23. The highest BCUT2D eigenvalue weighted by atomic mass is 32.2. The minimum Gasteiger partial charge on any atom is -0.480 e. The molecule has 1 saturated carbocycles. The Morgan fingerprint density at radius 3 is 2.18 bits per heavy atom. The lowest BCUT2D eigenvalue weighted by atomic mass is 9.98. The van der Waals surface area contributed by atoms with Crippen LogP contribution in [0.25, 0.3) is 11.1 Å². The summed E-state index contributed by atoms with van der Waals surface area (Å²) in [5, 5.41) is 14.7. The van der Waals surface area contributed by atoms with Gasteiger partial charge in [-0.25, -0.2) is 9.59 Å². The van der Waals surface area contributed by atoms with E-state index < -0.39 is 30.1 Å². The second-order valence-corrected chi connectivity index (χ2v) is 9.45. The molecule has 7 nitrogen and oxygen atoms in total. The van der Waals surface area contributed by atoms with E-state index in [-0.39, 0.29) is 18.4 Å². The van der Waals surface area contributed by atoms with Crippen molar-refractivity contribution in [2.24, 2.45) is 5.92 Å². The molecule has 0 radical (unpaired) electrons. The number of carboxylic acid groups (broad SMARTS) is 1. The maximum atomic E-state index is 12.8. The number of amides is 2. The van der Waals surface area contributed by atoms with Crippen LogP contribution in [0.1, 0.15) is 36.3 Å². The van der Waals surface area contributed by atoms with Crippen molar-refractivity contribution in [1.82, 2.24) is 10.6 Å². The number of aliphatic carboxylic acids is 1. The Hall–Kier alpha value is -3.00. The fourth-order valence-electron chi connectivity index (χ4n) is 4.35. The Balaban J connectivity index is 1.39. The topological polar surface area (TPSA) is 105 Å². The maximum Gasteiger partial charge on any atom is 0.407 e. The van der Waals surface area contributed by atoms with E-state index in [0.29, 0.717) is 12.2 Å². The van der Waals surface area contributed by atoms with E-state index >= 15 is 0 Å². The fraction of sp³-hybridized carbons (Fsp3) is 0.400. The molecule has 0 bridgehead atoms.